The van der Waals surface area contributed by atoms with Crippen LogP contribution in [0.1, 0.15) is 36.5 Å². The van der Waals surface area contributed by atoms with E-state index in [1.165, 1.54) is 16.7 Å². The fraction of sp³-hybridized carbons (Fsp3) is 0.278. The van der Waals surface area contributed by atoms with Crippen molar-refractivity contribution >= 4 is 11.1 Å². The second-order valence-electron chi connectivity index (χ2n) is 5.70. The van der Waals surface area contributed by atoms with Gasteiger partial charge in [-0.1, -0.05) is 26.0 Å². The van der Waals surface area contributed by atoms with Crippen LogP contribution in [0, 0.1) is 13.8 Å². The average Bonchev–Trinajstić information content (AvgIpc) is 2.84. The Morgan fingerprint density at radius 3 is 2.45 bits per heavy atom. The molecule has 102 valence electrons. The van der Waals surface area contributed by atoms with Crippen LogP contribution in [-0.4, -0.2) is 4.98 Å². The summed E-state index contributed by atoms with van der Waals surface area (Å²) < 4.78 is 5.87. The van der Waals surface area contributed by atoms with Gasteiger partial charge in [0.15, 0.2) is 5.58 Å². The van der Waals surface area contributed by atoms with Crippen molar-refractivity contribution in [3.63, 3.8) is 0 Å². The smallest absolute Gasteiger partial charge is 0.227 e. The zero-order valence-corrected chi connectivity index (χ0v) is 12.4. The molecule has 0 amide bonds. The molecule has 0 aliphatic rings. The van der Waals surface area contributed by atoms with E-state index in [2.05, 4.69) is 63.0 Å². The number of aryl methyl sites for hydroxylation is 2. The van der Waals surface area contributed by atoms with Gasteiger partial charge in [0.25, 0.3) is 0 Å². The zero-order chi connectivity index (χ0) is 14.3. The number of oxazole rings is 1. The number of hydrogen-bond donors (Lipinski definition) is 0. The van der Waals surface area contributed by atoms with Crippen molar-refractivity contribution in [2.75, 3.05) is 0 Å². The van der Waals surface area contributed by atoms with E-state index in [0.717, 1.165) is 16.7 Å². The van der Waals surface area contributed by atoms with Crippen LogP contribution in [-0.2, 0) is 0 Å². The molecule has 1 aromatic heterocycles. The highest BCUT2D eigenvalue weighted by atomic mass is 16.3. The first kappa shape index (κ1) is 12.9. The fourth-order valence-electron chi connectivity index (χ4n) is 2.30. The van der Waals surface area contributed by atoms with Crippen LogP contribution >= 0.6 is 0 Å². The van der Waals surface area contributed by atoms with Crippen molar-refractivity contribution < 1.29 is 4.42 Å². The van der Waals surface area contributed by atoms with Gasteiger partial charge in [-0.3, -0.25) is 0 Å². The molecule has 3 rings (SSSR count). The number of fused-ring (bicyclic) bond motifs is 1. The van der Waals surface area contributed by atoms with Crippen LogP contribution in [0.2, 0.25) is 0 Å². The highest BCUT2D eigenvalue weighted by Gasteiger charge is 2.10. The van der Waals surface area contributed by atoms with E-state index in [4.69, 9.17) is 4.42 Å². The monoisotopic (exact) mass is 265 g/mol. The number of benzene rings is 2. The van der Waals surface area contributed by atoms with Crippen LogP contribution in [0.25, 0.3) is 22.6 Å². The molecule has 2 nitrogen and oxygen atoms in total. The van der Waals surface area contributed by atoms with Gasteiger partial charge in [-0.15, -0.1) is 0 Å². The van der Waals surface area contributed by atoms with E-state index in [0.29, 0.717) is 11.8 Å². The number of aromatic nitrogens is 1. The van der Waals surface area contributed by atoms with Gasteiger partial charge in [-0.2, -0.15) is 0 Å². The summed E-state index contributed by atoms with van der Waals surface area (Å²) in [6, 6.07) is 12.6. The lowest BCUT2D eigenvalue weighted by Gasteiger charge is -2.02. The molecule has 0 bridgehead atoms. The summed E-state index contributed by atoms with van der Waals surface area (Å²) in [5.74, 6) is 1.20. The predicted octanol–water partition coefficient (Wildman–Crippen LogP) is 5.24. The molecule has 0 saturated heterocycles. The molecule has 20 heavy (non-hydrogen) atoms. The van der Waals surface area contributed by atoms with E-state index in [9.17, 15) is 0 Å². The minimum absolute atomic E-state index is 0.501. The summed E-state index contributed by atoms with van der Waals surface area (Å²) in [6.07, 6.45) is 0. The maximum Gasteiger partial charge on any atom is 0.227 e. The summed E-state index contributed by atoms with van der Waals surface area (Å²) in [4.78, 5) is 4.63. The molecule has 0 fully saturated rings. The Balaban J connectivity index is 2.10. The number of hydrogen-bond acceptors (Lipinski definition) is 2. The molecule has 2 aromatic carbocycles. The largest absolute Gasteiger partial charge is 0.436 e. The second kappa shape index (κ2) is 4.78. The Hall–Kier alpha value is -2.09. The van der Waals surface area contributed by atoms with Gasteiger partial charge in [0.2, 0.25) is 5.89 Å². The normalized spacial score (nSPS) is 11.4. The molecule has 1 heterocycles. The topological polar surface area (TPSA) is 26.0 Å². The van der Waals surface area contributed by atoms with Gasteiger partial charge in [-0.05, 0) is 60.7 Å². The van der Waals surface area contributed by atoms with E-state index in [1.54, 1.807) is 0 Å². The third-order valence-electron chi connectivity index (χ3n) is 3.83. The fourth-order valence-corrected chi connectivity index (χ4v) is 2.30. The quantitative estimate of drug-likeness (QED) is 0.633. The van der Waals surface area contributed by atoms with Crippen molar-refractivity contribution in [1.29, 1.82) is 0 Å². The SMILES string of the molecule is Cc1ccc(-c2nc3cc(C(C)C)ccc3o2)cc1C. The van der Waals surface area contributed by atoms with Gasteiger partial charge >= 0.3 is 0 Å². The van der Waals surface area contributed by atoms with Crippen molar-refractivity contribution in [3.05, 3.63) is 53.1 Å². The second-order valence-corrected chi connectivity index (χ2v) is 5.70. The van der Waals surface area contributed by atoms with Crippen LogP contribution < -0.4 is 0 Å². The van der Waals surface area contributed by atoms with Crippen LogP contribution in [0.15, 0.2) is 40.8 Å². The molecule has 3 aromatic rings. The molecule has 0 unspecified atom stereocenters. The Morgan fingerprint density at radius 2 is 1.75 bits per heavy atom. The molecule has 0 atom stereocenters. The Morgan fingerprint density at radius 1 is 0.950 bits per heavy atom. The zero-order valence-electron chi connectivity index (χ0n) is 12.4. The molecule has 0 spiro atoms. The minimum Gasteiger partial charge on any atom is -0.436 e. The number of nitrogens with zero attached hydrogens (tertiary/aromatic N) is 1. The Labute approximate surface area is 119 Å². The van der Waals surface area contributed by atoms with E-state index >= 15 is 0 Å². The van der Waals surface area contributed by atoms with Crippen LogP contribution in [0.3, 0.4) is 0 Å². The standard InChI is InChI=1S/C18H19NO/c1-11(2)14-7-8-17-16(10-14)19-18(20-17)15-6-5-12(3)13(4)9-15/h5-11H,1-4H3. The summed E-state index contributed by atoms with van der Waals surface area (Å²) >= 11 is 0. The van der Waals surface area contributed by atoms with Gasteiger partial charge in [0.05, 0.1) is 0 Å². The van der Waals surface area contributed by atoms with E-state index in [1.807, 2.05) is 6.07 Å². The maximum absolute atomic E-state index is 5.87. The first-order chi connectivity index (χ1) is 9.54. The minimum atomic E-state index is 0.501. The molecular weight excluding hydrogens is 246 g/mol. The highest BCUT2D eigenvalue weighted by Crippen LogP contribution is 2.27. The summed E-state index contributed by atoms with van der Waals surface area (Å²) in [5, 5.41) is 0. The number of rotatable bonds is 2. The maximum atomic E-state index is 5.87. The van der Waals surface area contributed by atoms with Gasteiger partial charge in [0, 0.05) is 5.56 Å². The Kier molecular flexibility index (Phi) is 3.09. The lowest BCUT2D eigenvalue weighted by Crippen LogP contribution is -1.86. The molecular formula is C18H19NO. The summed E-state index contributed by atoms with van der Waals surface area (Å²) in [6.45, 7) is 8.59. The Bertz CT molecular complexity index is 768. The average molecular weight is 265 g/mol. The molecule has 0 aliphatic heterocycles. The van der Waals surface area contributed by atoms with Crippen molar-refractivity contribution in [3.8, 4) is 11.5 Å². The first-order valence-electron chi connectivity index (χ1n) is 7.02. The molecule has 0 aliphatic carbocycles. The van der Waals surface area contributed by atoms with Crippen molar-refractivity contribution in [2.24, 2.45) is 0 Å². The van der Waals surface area contributed by atoms with Gasteiger partial charge < -0.3 is 4.42 Å². The molecule has 0 radical (unpaired) electrons. The van der Waals surface area contributed by atoms with Gasteiger partial charge in [-0.25, -0.2) is 4.98 Å². The van der Waals surface area contributed by atoms with E-state index < -0.39 is 0 Å². The lowest BCUT2D eigenvalue weighted by atomic mass is 10.0. The first-order valence-corrected chi connectivity index (χ1v) is 7.02. The predicted molar refractivity (Wildman–Crippen MR) is 83.0 cm³/mol. The highest BCUT2D eigenvalue weighted by molar-refractivity contribution is 5.77. The van der Waals surface area contributed by atoms with E-state index in [-0.39, 0.29) is 0 Å². The summed E-state index contributed by atoms with van der Waals surface area (Å²) in [7, 11) is 0. The third kappa shape index (κ3) is 2.22. The van der Waals surface area contributed by atoms with Crippen LogP contribution in [0.4, 0.5) is 0 Å². The molecule has 0 N–H and O–H groups in total. The molecule has 0 saturated carbocycles. The molecule has 2 heteroatoms. The van der Waals surface area contributed by atoms with Crippen molar-refractivity contribution in [2.45, 2.75) is 33.6 Å². The van der Waals surface area contributed by atoms with Gasteiger partial charge in [0.1, 0.15) is 5.52 Å². The van der Waals surface area contributed by atoms with Crippen LogP contribution in [0.5, 0.6) is 0 Å². The van der Waals surface area contributed by atoms with Crippen molar-refractivity contribution in [1.82, 2.24) is 4.98 Å². The third-order valence-corrected chi connectivity index (χ3v) is 3.83. The summed E-state index contributed by atoms with van der Waals surface area (Å²) in [5.41, 5.74) is 6.65. The lowest BCUT2D eigenvalue weighted by molar-refractivity contribution is 0.619.